The van der Waals surface area contributed by atoms with E-state index in [1.54, 1.807) is 0 Å². The van der Waals surface area contributed by atoms with Gasteiger partial charge in [-0.1, -0.05) is 27.2 Å². The van der Waals surface area contributed by atoms with Gasteiger partial charge in [0.15, 0.2) is 5.96 Å². The lowest BCUT2D eigenvalue weighted by Crippen LogP contribution is -2.72. The monoisotopic (exact) mass is 488 g/mol. The zero-order chi connectivity index (χ0) is 18.4. The first-order valence-corrected chi connectivity index (χ1v) is 10.1. The van der Waals surface area contributed by atoms with Crippen molar-refractivity contribution in [2.45, 2.75) is 77.5 Å². The van der Waals surface area contributed by atoms with Crippen molar-refractivity contribution in [3.05, 3.63) is 17.8 Å². The second-order valence-corrected chi connectivity index (χ2v) is 9.02. The molecule has 0 amide bonds. The average Bonchev–Trinajstić information content (AvgIpc) is 3.16. The van der Waals surface area contributed by atoms with Gasteiger partial charge in [-0.3, -0.25) is 0 Å². The summed E-state index contributed by atoms with van der Waals surface area (Å²) in [7, 11) is 0. The molecule has 1 saturated heterocycles. The van der Waals surface area contributed by atoms with Gasteiger partial charge in [0, 0.05) is 35.9 Å². The molecule has 1 spiro atoms. The van der Waals surface area contributed by atoms with Gasteiger partial charge in [0.05, 0.1) is 12.3 Å². The molecule has 3 unspecified atom stereocenters. The molecule has 27 heavy (non-hydrogen) atoms. The SMILES string of the molecule is CCNC(=NCc1ncc(C(C)(C)C)o1)NC1C2CCOC2C12CCC2.I. The third-order valence-electron chi connectivity index (χ3n) is 6.34. The molecule has 3 atom stereocenters. The van der Waals surface area contributed by atoms with Gasteiger partial charge in [0.2, 0.25) is 5.89 Å². The fraction of sp³-hybridized carbons (Fsp3) is 0.800. The van der Waals surface area contributed by atoms with Crippen LogP contribution in [0.5, 0.6) is 0 Å². The quantitative estimate of drug-likeness (QED) is 0.385. The number of guanidine groups is 1. The zero-order valence-corrected chi connectivity index (χ0v) is 19.2. The van der Waals surface area contributed by atoms with Crippen LogP contribution in [0.4, 0.5) is 0 Å². The summed E-state index contributed by atoms with van der Waals surface area (Å²) in [5.41, 5.74) is 0.317. The fourth-order valence-corrected chi connectivity index (χ4v) is 4.80. The molecule has 0 radical (unpaired) electrons. The van der Waals surface area contributed by atoms with Crippen molar-refractivity contribution in [2.24, 2.45) is 16.3 Å². The number of hydrogen-bond donors (Lipinski definition) is 2. The summed E-state index contributed by atoms with van der Waals surface area (Å²) in [6.45, 7) is 10.7. The summed E-state index contributed by atoms with van der Waals surface area (Å²) < 4.78 is 11.9. The minimum atomic E-state index is -0.0300. The second-order valence-electron chi connectivity index (χ2n) is 9.02. The van der Waals surface area contributed by atoms with Crippen LogP contribution in [0.3, 0.4) is 0 Å². The van der Waals surface area contributed by atoms with E-state index >= 15 is 0 Å². The van der Waals surface area contributed by atoms with Crippen LogP contribution < -0.4 is 10.6 Å². The van der Waals surface area contributed by atoms with Gasteiger partial charge in [-0.25, -0.2) is 9.98 Å². The third-order valence-corrected chi connectivity index (χ3v) is 6.34. The number of aliphatic imine (C=N–C) groups is 1. The lowest BCUT2D eigenvalue weighted by Gasteiger charge is -2.63. The number of aromatic nitrogens is 1. The Morgan fingerprint density at radius 1 is 1.37 bits per heavy atom. The van der Waals surface area contributed by atoms with Gasteiger partial charge in [0.1, 0.15) is 12.3 Å². The number of ether oxygens (including phenoxy) is 1. The predicted octanol–water partition coefficient (Wildman–Crippen LogP) is 3.60. The molecule has 0 aromatic carbocycles. The van der Waals surface area contributed by atoms with E-state index in [1.165, 1.54) is 19.3 Å². The number of oxazole rings is 1. The van der Waals surface area contributed by atoms with Crippen molar-refractivity contribution in [1.29, 1.82) is 0 Å². The topological polar surface area (TPSA) is 71.7 Å². The summed E-state index contributed by atoms with van der Waals surface area (Å²) >= 11 is 0. The minimum absolute atomic E-state index is 0. The molecule has 1 aliphatic heterocycles. The van der Waals surface area contributed by atoms with E-state index in [2.05, 4.69) is 43.3 Å². The van der Waals surface area contributed by atoms with Crippen LogP contribution in [0.25, 0.3) is 0 Å². The molecule has 152 valence electrons. The molecular formula is C20H33IN4O2. The van der Waals surface area contributed by atoms with Crippen LogP contribution in [0, 0.1) is 11.3 Å². The fourth-order valence-electron chi connectivity index (χ4n) is 4.80. The van der Waals surface area contributed by atoms with Crippen molar-refractivity contribution in [3.63, 3.8) is 0 Å². The van der Waals surface area contributed by atoms with Gasteiger partial charge in [0.25, 0.3) is 0 Å². The Kier molecular flexibility index (Phi) is 6.11. The molecule has 0 bridgehead atoms. The van der Waals surface area contributed by atoms with E-state index in [-0.39, 0.29) is 29.4 Å². The van der Waals surface area contributed by atoms with E-state index in [0.717, 1.165) is 31.3 Å². The van der Waals surface area contributed by atoms with Crippen molar-refractivity contribution in [1.82, 2.24) is 15.6 Å². The Hall–Kier alpha value is -0.830. The third kappa shape index (κ3) is 3.73. The lowest BCUT2D eigenvalue weighted by molar-refractivity contribution is -0.171. The maximum absolute atomic E-state index is 6.02. The van der Waals surface area contributed by atoms with Gasteiger partial charge in [-0.15, -0.1) is 24.0 Å². The standard InChI is InChI=1S/C20H32N4O2.HI/c1-5-21-18(23-12-15-22-11-14(26-15)19(2,3)4)24-16-13-7-10-25-17(13)20(16)8-6-9-20;/h11,13,16-17H,5-10,12H2,1-4H3,(H2,21,23,24);1H. The van der Waals surface area contributed by atoms with Gasteiger partial charge in [-0.05, 0) is 26.2 Å². The molecule has 6 nitrogen and oxygen atoms in total. The number of hydrogen-bond acceptors (Lipinski definition) is 4. The van der Waals surface area contributed by atoms with E-state index in [9.17, 15) is 0 Å². The second kappa shape index (κ2) is 7.89. The highest BCUT2D eigenvalue weighted by Crippen LogP contribution is 2.62. The van der Waals surface area contributed by atoms with E-state index in [0.29, 0.717) is 35.9 Å². The predicted molar refractivity (Wildman–Crippen MR) is 116 cm³/mol. The van der Waals surface area contributed by atoms with Crippen LogP contribution in [0.1, 0.15) is 65.0 Å². The Bertz CT molecular complexity index is 678. The lowest BCUT2D eigenvalue weighted by atomic mass is 9.46. The highest BCUT2D eigenvalue weighted by atomic mass is 127. The molecule has 1 aromatic heterocycles. The van der Waals surface area contributed by atoms with E-state index in [4.69, 9.17) is 14.1 Å². The Morgan fingerprint density at radius 2 is 2.15 bits per heavy atom. The molecule has 2 saturated carbocycles. The zero-order valence-electron chi connectivity index (χ0n) is 16.9. The number of halogens is 1. The van der Waals surface area contributed by atoms with Gasteiger partial charge >= 0.3 is 0 Å². The van der Waals surface area contributed by atoms with Crippen LogP contribution in [0.2, 0.25) is 0 Å². The molecule has 1 aromatic rings. The number of nitrogens with zero attached hydrogens (tertiary/aromatic N) is 2. The molecule has 3 fully saturated rings. The maximum atomic E-state index is 6.02. The average molecular weight is 488 g/mol. The van der Waals surface area contributed by atoms with E-state index < -0.39 is 0 Å². The first-order chi connectivity index (χ1) is 12.4. The Balaban J connectivity index is 0.00000210. The van der Waals surface area contributed by atoms with Crippen LogP contribution in [-0.2, 0) is 16.7 Å². The summed E-state index contributed by atoms with van der Waals surface area (Å²) in [5, 5.41) is 7.10. The first kappa shape index (κ1) is 20.9. The largest absolute Gasteiger partial charge is 0.443 e. The van der Waals surface area contributed by atoms with Crippen molar-refractivity contribution >= 4 is 29.9 Å². The summed E-state index contributed by atoms with van der Waals surface area (Å²) in [6, 6.07) is 0.483. The molecule has 7 heteroatoms. The molecule has 2 aliphatic carbocycles. The number of nitrogens with one attached hydrogen (secondary N) is 2. The normalized spacial score (nSPS) is 28.7. The summed E-state index contributed by atoms with van der Waals surface area (Å²) in [6.07, 6.45) is 7.33. The first-order valence-electron chi connectivity index (χ1n) is 10.1. The van der Waals surface area contributed by atoms with Gasteiger partial charge in [-0.2, -0.15) is 0 Å². The van der Waals surface area contributed by atoms with E-state index in [1.807, 2.05) is 6.20 Å². The van der Waals surface area contributed by atoms with Crippen molar-refractivity contribution in [2.75, 3.05) is 13.2 Å². The minimum Gasteiger partial charge on any atom is -0.443 e. The highest BCUT2D eigenvalue weighted by molar-refractivity contribution is 14.0. The van der Waals surface area contributed by atoms with Gasteiger partial charge < -0.3 is 19.8 Å². The molecular weight excluding hydrogens is 455 g/mol. The molecule has 3 aliphatic rings. The smallest absolute Gasteiger partial charge is 0.216 e. The number of rotatable bonds is 4. The van der Waals surface area contributed by atoms with Crippen LogP contribution in [0.15, 0.2) is 15.6 Å². The summed E-state index contributed by atoms with van der Waals surface area (Å²) in [4.78, 5) is 9.12. The maximum Gasteiger partial charge on any atom is 0.216 e. The van der Waals surface area contributed by atoms with Crippen LogP contribution >= 0.6 is 24.0 Å². The summed E-state index contributed by atoms with van der Waals surface area (Å²) in [5.74, 6) is 3.07. The van der Waals surface area contributed by atoms with Crippen molar-refractivity contribution < 1.29 is 9.15 Å². The molecule has 4 rings (SSSR count). The van der Waals surface area contributed by atoms with Crippen molar-refractivity contribution in [3.8, 4) is 0 Å². The highest BCUT2D eigenvalue weighted by Gasteiger charge is 2.66. The van der Waals surface area contributed by atoms with Crippen LogP contribution in [-0.4, -0.2) is 36.2 Å². The Labute approximate surface area is 179 Å². The molecule has 2 heterocycles. The number of fused-ring (bicyclic) bond motifs is 2. The molecule has 2 N–H and O–H groups in total. The Morgan fingerprint density at radius 3 is 2.74 bits per heavy atom.